The number of benzene rings is 3. The van der Waals surface area contributed by atoms with Gasteiger partial charge >= 0.3 is 5.97 Å². The zero-order valence-corrected chi connectivity index (χ0v) is 22.0. The van der Waals surface area contributed by atoms with Gasteiger partial charge in [-0.25, -0.2) is 35.7 Å². The van der Waals surface area contributed by atoms with E-state index >= 15 is 4.39 Å². The summed E-state index contributed by atoms with van der Waals surface area (Å²) < 4.78 is 73.6. The molecular formula is C30H25F3N2O4S. The van der Waals surface area contributed by atoms with Gasteiger partial charge in [-0.05, 0) is 78.9 Å². The Hall–Kier alpha value is -3.92. The van der Waals surface area contributed by atoms with Crippen LogP contribution in [0.3, 0.4) is 0 Å². The first-order valence-corrected chi connectivity index (χ1v) is 14.4. The van der Waals surface area contributed by atoms with E-state index in [9.17, 15) is 27.1 Å². The van der Waals surface area contributed by atoms with Crippen LogP contribution in [0.25, 0.3) is 10.8 Å². The van der Waals surface area contributed by atoms with E-state index in [1.54, 1.807) is 6.20 Å². The van der Waals surface area contributed by atoms with Crippen LogP contribution in [0, 0.1) is 11.7 Å². The van der Waals surface area contributed by atoms with Gasteiger partial charge in [0.15, 0.2) is 0 Å². The molecule has 2 fully saturated rings. The van der Waals surface area contributed by atoms with E-state index in [0.29, 0.717) is 12.8 Å². The maximum Gasteiger partial charge on any atom is 0.335 e. The summed E-state index contributed by atoms with van der Waals surface area (Å²) >= 11 is 0. The topological polar surface area (TPSA) is 87.6 Å². The molecule has 10 heteroatoms. The van der Waals surface area contributed by atoms with Gasteiger partial charge in [0.05, 0.1) is 22.6 Å². The standard InChI is InChI=1S/C30H25F3N2O4S/c31-26-15-18(5-14-25(26)30(32,33)22-10-11-22)17-35(40(38,39)23-12-8-20(9-13-23)29(36)37)28-27(19-6-7-19)24-4-2-1-3-21(24)16-34-28/h1-5,8-9,12-16,19,22H,6-7,10-11,17H2,(H,36,37). The molecule has 40 heavy (non-hydrogen) atoms. The van der Waals surface area contributed by atoms with Gasteiger partial charge in [0.25, 0.3) is 15.9 Å². The van der Waals surface area contributed by atoms with E-state index < -0.39 is 39.2 Å². The average Bonchev–Trinajstić information content (AvgIpc) is 3.84. The van der Waals surface area contributed by atoms with Crippen molar-refractivity contribution in [3.63, 3.8) is 0 Å². The normalized spacial score (nSPS) is 15.8. The van der Waals surface area contributed by atoms with Gasteiger partial charge in [-0.2, -0.15) is 0 Å². The van der Waals surface area contributed by atoms with Gasteiger partial charge in [0, 0.05) is 23.1 Å². The summed E-state index contributed by atoms with van der Waals surface area (Å²) in [4.78, 5) is 15.7. The first-order chi connectivity index (χ1) is 19.1. The van der Waals surface area contributed by atoms with E-state index in [1.165, 1.54) is 30.3 Å². The maximum atomic E-state index is 15.0. The Balaban J connectivity index is 1.47. The highest BCUT2D eigenvalue weighted by molar-refractivity contribution is 7.92. The molecule has 0 unspecified atom stereocenters. The molecule has 1 aromatic heterocycles. The Morgan fingerprint density at radius 3 is 2.33 bits per heavy atom. The predicted octanol–water partition coefficient (Wildman–Crippen LogP) is 6.85. The summed E-state index contributed by atoms with van der Waals surface area (Å²) in [6, 6.07) is 15.6. The molecule has 0 radical (unpaired) electrons. The zero-order chi connectivity index (χ0) is 28.2. The lowest BCUT2D eigenvalue weighted by Crippen LogP contribution is -2.32. The minimum atomic E-state index is -4.34. The number of carboxylic acids is 1. The summed E-state index contributed by atoms with van der Waals surface area (Å²) in [6.45, 7) is -0.361. The fourth-order valence-corrected chi connectivity index (χ4v) is 6.50. The number of carboxylic acid groups (broad SMARTS) is 1. The highest BCUT2D eigenvalue weighted by atomic mass is 32.2. The molecule has 0 atom stereocenters. The van der Waals surface area contributed by atoms with E-state index in [4.69, 9.17) is 0 Å². The number of sulfonamides is 1. The number of aromatic nitrogens is 1. The number of anilines is 1. The van der Waals surface area contributed by atoms with Crippen molar-refractivity contribution in [1.29, 1.82) is 0 Å². The van der Waals surface area contributed by atoms with Crippen LogP contribution in [0.15, 0.2) is 77.8 Å². The van der Waals surface area contributed by atoms with Crippen molar-refractivity contribution in [3.05, 3.63) is 101 Å². The van der Waals surface area contributed by atoms with Gasteiger partial charge in [-0.15, -0.1) is 0 Å². The lowest BCUT2D eigenvalue weighted by molar-refractivity contribution is -0.0318. The van der Waals surface area contributed by atoms with Crippen LogP contribution in [-0.4, -0.2) is 24.5 Å². The van der Waals surface area contributed by atoms with E-state index in [0.717, 1.165) is 45.6 Å². The zero-order valence-electron chi connectivity index (χ0n) is 21.2. The highest BCUT2D eigenvalue weighted by Gasteiger charge is 2.49. The number of nitrogens with zero attached hydrogens (tertiary/aromatic N) is 2. The Morgan fingerprint density at radius 2 is 1.70 bits per heavy atom. The second-order valence-corrected chi connectivity index (χ2v) is 12.3. The van der Waals surface area contributed by atoms with E-state index in [-0.39, 0.29) is 34.3 Å². The smallest absolute Gasteiger partial charge is 0.335 e. The molecule has 0 saturated heterocycles. The molecule has 1 heterocycles. The number of alkyl halides is 2. The third-order valence-electron chi connectivity index (χ3n) is 7.54. The molecule has 2 aliphatic rings. The fourth-order valence-electron chi connectivity index (χ4n) is 5.08. The number of aromatic carboxylic acids is 1. The Bertz CT molecular complexity index is 1730. The molecule has 2 aliphatic carbocycles. The monoisotopic (exact) mass is 566 g/mol. The summed E-state index contributed by atoms with van der Waals surface area (Å²) in [6.07, 6.45) is 3.94. The van der Waals surface area contributed by atoms with Gasteiger partial charge < -0.3 is 5.11 Å². The second kappa shape index (κ2) is 9.62. The lowest BCUT2D eigenvalue weighted by Gasteiger charge is -2.27. The van der Waals surface area contributed by atoms with Crippen LogP contribution >= 0.6 is 0 Å². The number of halogens is 3. The molecule has 0 spiro atoms. The Kier molecular flexibility index (Phi) is 6.33. The molecule has 4 aromatic rings. The molecule has 1 N–H and O–H groups in total. The maximum absolute atomic E-state index is 15.0. The van der Waals surface area contributed by atoms with Crippen molar-refractivity contribution in [3.8, 4) is 0 Å². The van der Waals surface area contributed by atoms with Gasteiger partial charge in [0.1, 0.15) is 11.6 Å². The van der Waals surface area contributed by atoms with Crippen LogP contribution < -0.4 is 4.31 Å². The second-order valence-electron chi connectivity index (χ2n) is 10.4. The number of fused-ring (bicyclic) bond motifs is 1. The van der Waals surface area contributed by atoms with Crippen molar-refractivity contribution in [1.82, 2.24) is 4.98 Å². The van der Waals surface area contributed by atoms with Crippen molar-refractivity contribution >= 4 is 32.6 Å². The molecule has 3 aromatic carbocycles. The number of pyridine rings is 1. The SMILES string of the molecule is O=C(O)c1ccc(S(=O)(=O)N(Cc2ccc(C(F)(F)C3CC3)c(F)c2)c2ncc3ccccc3c2C2CC2)cc1. The molecule has 6 nitrogen and oxygen atoms in total. The molecule has 0 amide bonds. The van der Waals surface area contributed by atoms with Crippen molar-refractivity contribution < 1.29 is 31.5 Å². The molecule has 0 bridgehead atoms. The number of hydrogen-bond acceptors (Lipinski definition) is 4. The summed E-state index contributed by atoms with van der Waals surface area (Å²) in [7, 11) is -4.34. The molecular weight excluding hydrogens is 541 g/mol. The Morgan fingerprint density at radius 1 is 1.00 bits per heavy atom. The molecule has 0 aliphatic heterocycles. The molecule has 6 rings (SSSR count). The summed E-state index contributed by atoms with van der Waals surface area (Å²) in [5.41, 5.74) is 0.152. The minimum absolute atomic E-state index is 0.0806. The van der Waals surface area contributed by atoms with Crippen LogP contribution in [0.2, 0.25) is 0 Å². The Labute approximate surface area is 229 Å². The number of carbonyl (C=O) groups is 1. The van der Waals surface area contributed by atoms with Crippen LogP contribution in [0.1, 0.15) is 58.6 Å². The fraction of sp³-hybridized carbons (Fsp3) is 0.267. The first-order valence-electron chi connectivity index (χ1n) is 13.0. The third-order valence-corrected chi connectivity index (χ3v) is 9.29. The van der Waals surface area contributed by atoms with E-state index in [2.05, 4.69) is 4.98 Å². The highest BCUT2D eigenvalue weighted by Crippen LogP contribution is 2.51. The quantitative estimate of drug-likeness (QED) is 0.240. The van der Waals surface area contributed by atoms with E-state index in [1.807, 2.05) is 24.3 Å². The molecule has 2 saturated carbocycles. The van der Waals surface area contributed by atoms with Crippen LogP contribution in [-0.2, 0) is 22.5 Å². The number of hydrogen-bond donors (Lipinski definition) is 1. The van der Waals surface area contributed by atoms with Crippen LogP contribution in [0.5, 0.6) is 0 Å². The minimum Gasteiger partial charge on any atom is -0.478 e. The lowest BCUT2D eigenvalue weighted by atomic mass is 10.0. The van der Waals surface area contributed by atoms with Crippen LogP contribution in [0.4, 0.5) is 19.0 Å². The summed E-state index contributed by atoms with van der Waals surface area (Å²) in [5.74, 6) is -6.22. The average molecular weight is 567 g/mol. The van der Waals surface area contributed by atoms with Crippen molar-refractivity contribution in [2.24, 2.45) is 5.92 Å². The summed E-state index contributed by atoms with van der Waals surface area (Å²) in [5, 5.41) is 10.9. The first kappa shape index (κ1) is 26.3. The van der Waals surface area contributed by atoms with Gasteiger partial charge in [-0.1, -0.05) is 30.3 Å². The van der Waals surface area contributed by atoms with Crippen molar-refractivity contribution in [2.45, 2.75) is 49.0 Å². The van der Waals surface area contributed by atoms with Crippen molar-refractivity contribution in [2.75, 3.05) is 4.31 Å². The van der Waals surface area contributed by atoms with Gasteiger partial charge in [-0.3, -0.25) is 0 Å². The predicted molar refractivity (Wildman–Crippen MR) is 144 cm³/mol. The molecule has 206 valence electrons. The number of rotatable bonds is 9. The third kappa shape index (κ3) is 4.70. The largest absolute Gasteiger partial charge is 0.478 e. The van der Waals surface area contributed by atoms with Gasteiger partial charge in [0.2, 0.25) is 0 Å².